The summed E-state index contributed by atoms with van der Waals surface area (Å²) >= 11 is 0. The molecule has 0 saturated heterocycles. The van der Waals surface area contributed by atoms with Gasteiger partial charge in [-0.15, -0.1) is 0 Å². The number of pyridine rings is 1. The third-order valence-electron chi connectivity index (χ3n) is 4.15. The molecule has 7 nitrogen and oxygen atoms in total. The molecule has 24 heavy (non-hydrogen) atoms. The zero-order valence-corrected chi connectivity index (χ0v) is 13.7. The lowest BCUT2D eigenvalue weighted by Gasteiger charge is -2.27. The highest BCUT2D eigenvalue weighted by atomic mass is 16.5. The average molecular weight is 328 g/mol. The van der Waals surface area contributed by atoms with Crippen molar-refractivity contribution in [3.63, 3.8) is 0 Å². The second-order valence-corrected chi connectivity index (χ2v) is 5.93. The first-order valence-corrected chi connectivity index (χ1v) is 7.88. The molecule has 0 aromatic carbocycles. The maximum atomic E-state index is 12.7. The van der Waals surface area contributed by atoms with E-state index >= 15 is 0 Å². The standard InChI is InChI=1S/C17H20N4O3/c1-21(14(10-24-2)13-5-3-4-8-18-13)17(23)12-9-19-15(11-6-7-11)20-16(12)22/h3-5,8-9,11,14H,6-7,10H2,1-2H3,(H,19,20,22). The number of amides is 1. The average Bonchev–Trinajstić information content (AvgIpc) is 3.44. The van der Waals surface area contributed by atoms with Gasteiger partial charge in [0.25, 0.3) is 11.5 Å². The minimum atomic E-state index is -0.404. The number of ether oxygens (including phenoxy) is 1. The monoisotopic (exact) mass is 328 g/mol. The van der Waals surface area contributed by atoms with Crippen LogP contribution < -0.4 is 5.56 Å². The Kier molecular flexibility index (Phi) is 4.71. The lowest BCUT2D eigenvalue weighted by molar-refractivity contribution is 0.0593. The SMILES string of the molecule is COCC(c1ccccn1)N(C)C(=O)c1cnc(C2CC2)[nH]c1=O. The number of H-pyrrole nitrogens is 1. The van der Waals surface area contributed by atoms with Crippen LogP contribution in [0.4, 0.5) is 0 Å². The highest BCUT2D eigenvalue weighted by Gasteiger charge is 2.29. The number of carbonyl (C=O) groups is 1. The first-order chi connectivity index (χ1) is 11.6. The summed E-state index contributed by atoms with van der Waals surface area (Å²) in [4.78, 5) is 37.7. The largest absolute Gasteiger partial charge is 0.382 e. The molecule has 7 heteroatoms. The molecule has 2 heterocycles. The van der Waals surface area contributed by atoms with Crippen LogP contribution in [-0.2, 0) is 4.74 Å². The Balaban J connectivity index is 1.85. The second-order valence-electron chi connectivity index (χ2n) is 5.93. The van der Waals surface area contributed by atoms with E-state index in [1.54, 1.807) is 26.4 Å². The smallest absolute Gasteiger partial charge is 0.263 e. The Morgan fingerprint density at radius 3 is 2.79 bits per heavy atom. The zero-order chi connectivity index (χ0) is 17.1. The topological polar surface area (TPSA) is 88.2 Å². The number of nitrogens with one attached hydrogen (secondary N) is 1. The van der Waals surface area contributed by atoms with Crippen LogP contribution in [0.5, 0.6) is 0 Å². The summed E-state index contributed by atoms with van der Waals surface area (Å²) in [6.07, 6.45) is 5.10. The molecule has 1 amide bonds. The fraction of sp³-hybridized carbons (Fsp3) is 0.412. The molecule has 2 aromatic heterocycles. The van der Waals surface area contributed by atoms with Gasteiger partial charge in [0.2, 0.25) is 0 Å². The molecule has 1 fully saturated rings. The van der Waals surface area contributed by atoms with E-state index in [-0.39, 0.29) is 18.2 Å². The van der Waals surface area contributed by atoms with Crippen LogP contribution in [0.1, 0.15) is 46.7 Å². The summed E-state index contributed by atoms with van der Waals surface area (Å²) in [5.41, 5.74) is 0.328. The number of carbonyl (C=O) groups excluding carboxylic acids is 1. The van der Waals surface area contributed by atoms with Crippen LogP contribution in [0.2, 0.25) is 0 Å². The number of aromatic nitrogens is 3. The fourth-order valence-corrected chi connectivity index (χ4v) is 2.58. The lowest BCUT2D eigenvalue weighted by atomic mass is 10.1. The Labute approximate surface area is 139 Å². The number of aromatic amines is 1. The van der Waals surface area contributed by atoms with Gasteiger partial charge < -0.3 is 14.6 Å². The molecular weight excluding hydrogens is 308 g/mol. The molecule has 3 rings (SSSR count). The third-order valence-corrected chi connectivity index (χ3v) is 4.15. The van der Waals surface area contributed by atoms with Crippen molar-refractivity contribution in [3.05, 3.63) is 58.0 Å². The molecule has 0 radical (unpaired) electrons. The van der Waals surface area contributed by atoms with Gasteiger partial charge in [0.15, 0.2) is 0 Å². The van der Waals surface area contributed by atoms with E-state index in [0.717, 1.165) is 12.8 Å². The van der Waals surface area contributed by atoms with Crippen LogP contribution in [0.3, 0.4) is 0 Å². The van der Waals surface area contributed by atoms with E-state index in [9.17, 15) is 9.59 Å². The van der Waals surface area contributed by atoms with Gasteiger partial charge in [-0.2, -0.15) is 0 Å². The number of likely N-dealkylation sites (N-methyl/N-ethyl adjacent to an activating group) is 1. The molecule has 126 valence electrons. The van der Waals surface area contributed by atoms with Crippen molar-refractivity contribution in [3.8, 4) is 0 Å². The van der Waals surface area contributed by atoms with Crippen LogP contribution in [0.15, 0.2) is 35.4 Å². The van der Waals surface area contributed by atoms with E-state index in [2.05, 4.69) is 15.0 Å². The van der Waals surface area contributed by atoms with Gasteiger partial charge in [-0.05, 0) is 25.0 Å². The molecule has 2 aromatic rings. The van der Waals surface area contributed by atoms with E-state index in [1.165, 1.54) is 11.1 Å². The number of hydrogen-bond donors (Lipinski definition) is 1. The van der Waals surface area contributed by atoms with E-state index in [1.807, 2.05) is 12.1 Å². The summed E-state index contributed by atoms with van der Waals surface area (Å²) in [7, 11) is 3.20. The maximum absolute atomic E-state index is 12.7. The predicted octanol–water partition coefficient (Wildman–Crippen LogP) is 1.50. The van der Waals surface area contributed by atoms with Crippen molar-refractivity contribution < 1.29 is 9.53 Å². The van der Waals surface area contributed by atoms with Crippen molar-refractivity contribution >= 4 is 5.91 Å². The van der Waals surface area contributed by atoms with Crippen molar-refractivity contribution in [2.45, 2.75) is 24.8 Å². The summed E-state index contributed by atoms with van der Waals surface area (Å²) in [5.74, 6) is 0.588. The van der Waals surface area contributed by atoms with Gasteiger partial charge in [-0.1, -0.05) is 6.07 Å². The van der Waals surface area contributed by atoms with Crippen LogP contribution in [-0.4, -0.2) is 46.5 Å². The van der Waals surface area contributed by atoms with Crippen molar-refractivity contribution in [1.29, 1.82) is 0 Å². The third kappa shape index (κ3) is 3.35. The maximum Gasteiger partial charge on any atom is 0.263 e. The molecule has 1 atom stereocenters. The van der Waals surface area contributed by atoms with Crippen LogP contribution in [0, 0.1) is 0 Å². The number of methoxy groups -OCH3 is 1. The Hall–Kier alpha value is -2.54. The summed E-state index contributed by atoms with van der Waals surface area (Å²) in [5, 5.41) is 0. The van der Waals surface area contributed by atoms with Crippen LogP contribution >= 0.6 is 0 Å². The Morgan fingerprint density at radius 2 is 2.21 bits per heavy atom. The Bertz CT molecular complexity index is 771. The molecular formula is C17H20N4O3. The minimum absolute atomic E-state index is 0.0268. The van der Waals surface area contributed by atoms with Gasteiger partial charge in [-0.25, -0.2) is 4.98 Å². The lowest BCUT2D eigenvalue weighted by Crippen LogP contribution is -2.37. The number of hydrogen-bond acceptors (Lipinski definition) is 5. The highest BCUT2D eigenvalue weighted by molar-refractivity contribution is 5.93. The predicted molar refractivity (Wildman–Crippen MR) is 87.8 cm³/mol. The molecule has 1 aliphatic carbocycles. The quantitative estimate of drug-likeness (QED) is 0.868. The molecule has 1 saturated carbocycles. The summed E-state index contributed by atoms with van der Waals surface area (Å²) in [6, 6.07) is 5.10. The van der Waals surface area contributed by atoms with Crippen molar-refractivity contribution in [1.82, 2.24) is 19.9 Å². The number of nitrogens with zero attached hydrogens (tertiary/aromatic N) is 3. The van der Waals surface area contributed by atoms with E-state index in [0.29, 0.717) is 17.4 Å². The second kappa shape index (κ2) is 6.92. The van der Waals surface area contributed by atoms with Crippen molar-refractivity contribution in [2.75, 3.05) is 20.8 Å². The minimum Gasteiger partial charge on any atom is -0.382 e. The molecule has 1 N–H and O–H groups in total. The fourth-order valence-electron chi connectivity index (χ4n) is 2.58. The first kappa shape index (κ1) is 16.3. The van der Waals surface area contributed by atoms with Gasteiger partial charge in [-0.3, -0.25) is 14.6 Å². The first-order valence-electron chi connectivity index (χ1n) is 7.88. The number of rotatable bonds is 6. The molecule has 0 spiro atoms. The molecule has 1 aliphatic rings. The normalized spacial score (nSPS) is 15.1. The molecule has 0 aliphatic heterocycles. The van der Waals surface area contributed by atoms with E-state index < -0.39 is 11.5 Å². The van der Waals surface area contributed by atoms with Gasteiger partial charge >= 0.3 is 0 Å². The van der Waals surface area contributed by atoms with Gasteiger partial charge in [0.1, 0.15) is 11.4 Å². The van der Waals surface area contributed by atoms with Gasteiger partial charge in [0, 0.05) is 32.5 Å². The van der Waals surface area contributed by atoms with Crippen LogP contribution in [0.25, 0.3) is 0 Å². The zero-order valence-electron chi connectivity index (χ0n) is 13.7. The highest BCUT2D eigenvalue weighted by Crippen LogP contribution is 2.37. The van der Waals surface area contributed by atoms with Crippen molar-refractivity contribution in [2.24, 2.45) is 0 Å². The Morgan fingerprint density at radius 1 is 1.42 bits per heavy atom. The molecule has 0 bridgehead atoms. The van der Waals surface area contributed by atoms with Gasteiger partial charge in [0.05, 0.1) is 18.3 Å². The summed E-state index contributed by atoms with van der Waals surface area (Å²) in [6.45, 7) is 0.282. The summed E-state index contributed by atoms with van der Waals surface area (Å²) < 4.78 is 5.22. The molecule has 1 unspecified atom stereocenters. The van der Waals surface area contributed by atoms with E-state index in [4.69, 9.17) is 4.74 Å².